The number of carbonyl (C=O) groups excluding carboxylic acids is 2. The van der Waals surface area contributed by atoms with Crippen LogP contribution in [-0.4, -0.2) is 36.7 Å². The zero-order chi connectivity index (χ0) is 19.2. The van der Waals surface area contributed by atoms with E-state index in [0.717, 1.165) is 11.1 Å². The predicted molar refractivity (Wildman–Crippen MR) is 100 cm³/mol. The summed E-state index contributed by atoms with van der Waals surface area (Å²) in [5.74, 6) is 0.470. The topological polar surface area (TPSA) is 65.1 Å². The fourth-order valence-electron chi connectivity index (χ4n) is 2.69. The van der Waals surface area contributed by atoms with Crippen molar-refractivity contribution in [3.63, 3.8) is 0 Å². The molecule has 2 aromatic rings. The zero-order valence-corrected chi connectivity index (χ0v) is 15.3. The number of fused-ring (bicyclic) bond motifs is 1. The lowest BCUT2D eigenvalue weighted by molar-refractivity contribution is -0.154. The first-order valence-corrected chi connectivity index (χ1v) is 8.60. The maximum absolute atomic E-state index is 12.4. The number of nitrogens with zero attached hydrogens (tertiary/aromatic N) is 1. The van der Waals surface area contributed by atoms with Gasteiger partial charge in [0, 0.05) is 19.7 Å². The van der Waals surface area contributed by atoms with E-state index in [9.17, 15) is 9.59 Å². The van der Waals surface area contributed by atoms with Crippen LogP contribution in [0.5, 0.6) is 11.5 Å². The van der Waals surface area contributed by atoms with Crippen molar-refractivity contribution >= 4 is 18.0 Å². The molecule has 6 heteroatoms. The standard InChI is InChI=1S/C21H21NO5/c1-15(21(24)22(2)13-17-6-4-3-5-7-17)27-20(23)11-9-16-8-10-18-19(12-16)26-14-25-18/h3-12,15H,13-14H2,1-2H3/b11-9+/t15-/m0/s1. The summed E-state index contributed by atoms with van der Waals surface area (Å²) >= 11 is 0. The molecule has 0 aromatic heterocycles. The van der Waals surface area contributed by atoms with E-state index < -0.39 is 12.1 Å². The van der Waals surface area contributed by atoms with Gasteiger partial charge in [0.25, 0.3) is 5.91 Å². The van der Waals surface area contributed by atoms with Crippen LogP contribution in [0.25, 0.3) is 6.08 Å². The monoisotopic (exact) mass is 367 g/mol. The fraction of sp³-hybridized carbons (Fsp3) is 0.238. The van der Waals surface area contributed by atoms with Gasteiger partial charge >= 0.3 is 5.97 Å². The Morgan fingerprint density at radius 1 is 1.15 bits per heavy atom. The number of carbonyl (C=O) groups is 2. The van der Waals surface area contributed by atoms with Crippen molar-refractivity contribution < 1.29 is 23.8 Å². The van der Waals surface area contributed by atoms with Gasteiger partial charge in [-0.05, 0) is 36.3 Å². The molecule has 0 bridgehead atoms. The first-order chi connectivity index (χ1) is 13.0. The van der Waals surface area contributed by atoms with Gasteiger partial charge in [0.1, 0.15) is 0 Å². The Labute approximate surface area is 158 Å². The highest BCUT2D eigenvalue weighted by Crippen LogP contribution is 2.32. The van der Waals surface area contributed by atoms with Crippen LogP contribution < -0.4 is 9.47 Å². The van der Waals surface area contributed by atoms with E-state index >= 15 is 0 Å². The molecule has 27 heavy (non-hydrogen) atoms. The minimum Gasteiger partial charge on any atom is -0.454 e. The lowest BCUT2D eigenvalue weighted by Gasteiger charge is -2.21. The average molecular weight is 367 g/mol. The molecule has 1 heterocycles. The number of ether oxygens (including phenoxy) is 3. The van der Waals surface area contributed by atoms with Crippen molar-refractivity contribution in [1.29, 1.82) is 0 Å². The first kappa shape index (κ1) is 18.5. The number of esters is 1. The molecule has 1 atom stereocenters. The lowest BCUT2D eigenvalue weighted by Crippen LogP contribution is -2.36. The van der Waals surface area contributed by atoms with Gasteiger partial charge in [0.2, 0.25) is 6.79 Å². The van der Waals surface area contributed by atoms with E-state index in [4.69, 9.17) is 14.2 Å². The van der Waals surface area contributed by atoms with Crippen molar-refractivity contribution in [2.45, 2.75) is 19.6 Å². The highest BCUT2D eigenvalue weighted by molar-refractivity contribution is 5.90. The Morgan fingerprint density at radius 3 is 2.67 bits per heavy atom. The van der Waals surface area contributed by atoms with Gasteiger partial charge in [-0.3, -0.25) is 4.79 Å². The van der Waals surface area contributed by atoms with E-state index in [0.29, 0.717) is 18.0 Å². The number of rotatable bonds is 6. The average Bonchev–Trinajstić information content (AvgIpc) is 3.14. The maximum atomic E-state index is 12.4. The third-order valence-electron chi connectivity index (χ3n) is 4.09. The molecule has 6 nitrogen and oxygen atoms in total. The summed E-state index contributed by atoms with van der Waals surface area (Å²) in [5, 5.41) is 0. The summed E-state index contributed by atoms with van der Waals surface area (Å²) in [6.45, 7) is 2.21. The molecule has 140 valence electrons. The van der Waals surface area contributed by atoms with E-state index in [1.54, 1.807) is 38.2 Å². The highest BCUT2D eigenvalue weighted by Gasteiger charge is 2.20. The fourth-order valence-corrected chi connectivity index (χ4v) is 2.69. The molecule has 0 fully saturated rings. The van der Waals surface area contributed by atoms with Crippen LogP contribution in [0.15, 0.2) is 54.6 Å². The second-order valence-corrected chi connectivity index (χ2v) is 6.21. The number of hydrogen-bond acceptors (Lipinski definition) is 5. The molecule has 0 saturated heterocycles. The Bertz CT molecular complexity index is 847. The molecule has 0 aliphatic carbocycles. The molecule has 1 aliphatic heterocycles. The van der Waals surface area contributed by atoms with Gasteiger partial charge in [-0.25, -0.2) is 4.79 Å². The summed E-state index contributed by atoms with van der Waals surface area (Å²) in [4.78, 5) is 25.9. The van der Waals surface area contributed by atoms with Gasteiger partial charge < -0.3 is 19.1 Å². The Kier molecular flexibility index (Phi) is 5.76. The van der Waals surface area contributed by atoms with Crippen molar-refractivity contribution in [2.24, 2.45) is 0 Å². The molecule has 0 spiro atoms. The van der Waals surface area contributed by atoms with Crippen LogP contribution in [0.1, 0.15) is 18.1 Å². The van der Waals surface area contributed by atoms with Crippen molar-refractivity contribution in [3.8, 4) is 11.5 Å². The Hall–Kier alpha value is -3.28. The number of hydrogen-bond donors (Lipinski definition) is 0. The van der Waals surface area contributed by atoms with E-state index in [-0.39, 0.29) is 12.7 Å². The molecular formula is C21H21NO5. The van der Waals surface area contributed by atoms with E-state index in [1.807, 2.05) is 30.3 Å². The van der Waals surface area contributed by atoms with Gasteiger partial charge in [0.15, 0.2) is 17.6 Å². The molecule has 0 unspecified atom stereocenters. The zero-order valence-electron chi connectivity index (χ0n) is 15.3. The number of benzene rings is 2. The third-order valence-corrected chi connectivity index (χ3v) is 4.09. The molecular weight excluding hydrogens is 346 g/mol. The van der Waals surface area contributed by atoms with E-state index in [2.05, 4.69) is 0 Å². The van der Waals surface area contributed by atoms with Gasteiger partial charge in [-0.15, -0.1) is 0 Å². The molecule has 1 amide bonds. The second kappa shape index (κ2) is 8.40. The van der Waals surface area contributed by atoms with E-state index in [1.165, 1.54) is 11.0 Å². The van der Waals surface area contributed by atoms with Crippen LogP contribution in [0.2, 0.25) is 0 Å². The van der Waals surface area contributed by atoms with Crippen molar-refractivity contribution in [3.05, 3.63) is 65.7 Å². The van der Waals surface area contributed by atoms with Gasteiger partial charge in [0.05, 0.1) is 0 Å². The minimum absolute atomic E-state index is 0.195. The molecule has 1 aliphatic rings. The lowest BCUT2D eigenvalue weighted by atomic mass is 10.2. The molecule has 3 rings (SSSR count). The molecule has 0 N–H and O–H groups in total. The molecule has 0 radical (unpaired) electrons. The maximum Gasteiger partial charge on any atom is 0.331 e. The Morgan fingerprint density at radius 2 is 1.89 bits per heavy atom. The van der Waals surface area contributed by atoms with Crippen molar-refractivity contribution in [2.75, 3.05) is 13.8 Å². The summed E-state index contributed by atoms with van der Waals surface area (Å²) < 4.78 is 15.7. The summed E-state index contributed by atoms with van der Waals surface area (Å²) in [6.07, 6.45) is 2.03. The highest BCUT2D eigenvalue weighted by atomic mass is 16.7. The smallest absolute Gasteiger partial charge is 0.331 e. The second-order valence-electron chi connectivity index (χ2n) is 6.21. The van der Waals surface area contributed by atoms with Gasteiger partial charge in [-0.2, -0.15) is 0 Å². The summed E-state index contributed by atoms with van der Waals surface area (Å²) in [7, 11) is 1.68. The third kappa shape index (κ3) is 4.88. The minimum atomic E-state index is -0.868. The number of amides is 1. The molecule has 0 saturated carbocycles. The summed E-state index contributed by atoms with van der Waals surface area (Å²) in [6, 6.07) is 15.0. The van der Waals surface area contributed by atoms with Crippen LogP contribution in [-0.2, 0) is 20.9 Å². The van der Waals surface area contributed by atoms with Crippen LogP contribution in [0, 0.1) is 0 Å². The van der Waals surface area contributed by atoms with Crippen molar-refractivity contribution in [1.82, 2.24) is 4.90 Å². The summed E-state index contributed by atoms with van der Waals surface area (Å²) in [5.41, 5.74) is 1.78. The quantitative estimate of drug-likeness (QED) is 0.580. The van der Waals surface area contributed by atoms with Crippen LogP contribution >= 0.6 is 0 Å². The predicted octanol–water partition coefficient (Wildman–Crippen LogP) is 3.02. The molecule has 2 aromatic carbocycles. The first-order valence-electron chi connectivity index (χ1n) is 8.60. The largest absolute Gasteiger partial charge is 0.454 e. The Balaban J connectivity index is 1.52. The van der Waals surface area contributed by atoms with Crippen LogP contribution in [0.4, 0.5) is 0 Å². The van der Waals surface area contributed by atoms with Gasteiger partial charge in [-0.1, -0.05) is 36.4 Å². The SMILES string of the molecule is C[C@H](OC(=O)/C=C/c1ccc2c(c1)OCO2)C(=O)N(C)Cc1ccccc1. The number of likely N-dealkylation sites (N-methyl/N-ethyl adjacent to an activating group) is 1. The van der Waals surface area contributed by atoms with Crippen LogP contribution in [0.3, 0.4) is 0 Å². The normalized spacial score (nSPS) is 13.4.